The van der Waals surface area contributed by atoms with Crippen LogP contribution in [0.15, 0.2) is 30.5 Å². The molecule has 0 spiro atoms. The molecule has 2 heterocycles. The molecule has 0 aliphatic carbocycles. The van der Waals surface area contributed by atoms with Gasteiger partial charge in [0.2, 0.25) is 0 Å². The summed E-state index contributed by atoms with van der Waals surface area (Å²) >= 11 is 0. The third kappa shape index (κ3) is 4.09. The summed E-state index contributed by atoms with van der Waals surface area (Å²) in [4.78, 5) is 11.7. The number of hydrogen-bond acceptors (Lipinski definition) is 4. The van der Waals surface area contributed by atoms with E-state index in [2.05, 4.69) is 27.1 Å². The summed E-state index contributed by atoms with van der Waals surface area (Å²) in [7, 11) is 0. The van der Waals surface area contributed by atoms with E-state index < -0.39 is 0 Å². The maximum atomic E-state index is 13.2. The highest BCUT2D eigenvalue weighted by atomic mass is 19.1. The average molecular weight is 328 g/mol. The van der Waals surface area contributed by atoms with Gasteiger partial charge in [0.1, 0.15) is 11.6 Å². The molecule has 0 radical (unpaired) electrons. The summed E-state index contributed by atoms with van der Waals surface area (Å²) in [6.07, 6.45) is 4.40. The van der Waals surface area contributed by atoms with E-state index >= 15 is 0 Å². The van der Waals surface area contributed by atoms with Crippen molar-refractivity contribution < 1.29 is 4.39 Å². The van der Waals surface area contributed by atoms with Crippen LogP contribution >= 0.6 is 0 Å². The highest BCUT2D eigenvalue weighted by molar-refractivity contribution is 5.46. The lowest BCUT2D eigenvalue weighted by molar-refractivity contribution is 0.352. The molecule has 1 aliphatic heterocycles. The second-order valence-corrected chi connectivity index (χ2v) is 6.49. The maximum Gasteiger partial charge on any atom is 0.148 e. The Hall–Kier alpha value is -2.01. The first-order valence-corrected chi connectivity index (χ1v) is 8.68. The smallest absolute Gasteiger partial charge is 0.148 e. The number of anilines is 1. The molecule has 1 aliphatic rings. The van der Waals surface area contributed by atoms with Crippen molar-refractivity contribution in [2.45, 2.75) is 32.6 Å². The predicted molar refractivity (Wildman–Crippen MR) is 94.8 cm³/mol. The quantitative estimate of drug-likeness (QED) is 0.880. The number of nitrogens with one attached hydrogen (secondary N) is 1. The van der Waals surface area contributed by atoms with Gasteiger partial charge in [0, 0.05) is 25.2 Å². The van der Waals surface area contributed by atoms with Crippen molar-refractivity contribution >= 4 is 5.82 Å². The van der Waals surface area contributed by atoms with E-state index in [-0.39, 0.29) is 11.7 Å². The molecule has 2 aromatic rings. The van der Waals surface area contributed by atoms with Crippen molar-refractivity contribution in [3.63, 3.8) is 0 Å². The fourth-order valence-electron chi connectivity index (χ4n) is 3.18. The molecule has 24 heavy (non-hydrogen) atoms. The molecular formula is C19H25FN4. The highest BCUT2D eigenvalue weighted by Gasteiger charge is 2.17. The first kappa shape index (κ1) is 16.8. The summed E-state index contributed by atoms with van der Waals surface area (Å²) in [5.41, 5.74) is 2.85. The summed E-state index contributed by atoms with van der Waals surface area (Å²) in [5, 5.41) is 3.45. The highest BCUT2D eigenvalue weighted by Crippen LogP contribution is 2.27. The van der Waals surface area contributed by atoms with Gasteiger partial charge in [0.05, 0.1) is 11.4 Å². The van der Waals surface area contributed by atoms with Crippen molar-refractivity contribution in [1.29, 1.82) is 0 Å². The lowest BCUT2D eigenvalue weighted by Gasteiger charge is -2.19. The summed E-state index contributed by atoms with van der Waals surface area (Å²) < 4.78 is 13.2. The topological polar surface area (TPSA) is 41.1 Å². The monoisotopic (exact) mass is 328 g/mol. The molecule has 0 bridgehead atoms. The van der Waals surface area contributed by atoms with E-state index in [1.54, 1.807) is 6.20 Å². The summed E-state index contributed by atoms with van der Waals surface area (Å²) in [6.45, 7) is 8.31. The Balaban J connectivity index is 1.73. The predicted octanol–water partition coefficient (Wildman–Crippen LogP) is 3.58. The van der Waals surface area contributed by atoms with Crippen LogP contribution in [0, 0.1) is 12.7 Å². The van der Waals surface area contributed by atoms with Crippen molar-refractivity contribution in [3.05, 3.63) is 53.2 Å². The second kappa shape index (κ2) is 7.71. The van der Waals surface area contributed by atoms with Crippen LogP contribution in [-0.4, -0.2) is 41.0 Å². The standard InChI is InChI=1S/C19H25FN4/c1-14-13-22-18(15(2)16-5-7-17(20)8-6-16)19(23-14)21-9-12-24-10-3-4-11-24/h5-8,13,15H,3-4,9-12H2,1-2H3,(H,21,23). The number of likely N-dealkylation sites (tertiary alicyclic amines) is 1. The van der Waals surface area contributed by atoms with Crippen LogP contribution in [0.1, 0.15) is 42.6 Å². The fraction of sp³-hybridized carbons (Fsp3) is 0.474. The number of benzene rings is 1. The first-order chi connectivity index (χ1) is 11.6. The fourth-order valence-corrected chi connectivity index (χ4v) is 3.18. The molecular weight excluding hydrogens is 303 g/mol. The largest absolute Gasteiger partial charge is 0.367 e. The molecule has 5 heteroatoms. The van der Waals surface area contributed by atoms with E-state index in [4.69, 9.17) is 0 Å². The van der Waals surface area contributed by atoms with Gasteiger partial charge in [0.25, 0.3) is 0 Å². The molecule has 1 atom stereocenters. The van der Waals surface area contributed by atoms with Crippen molar-refractivity contribution in [2.24, 2.45) is 0 Å². The molecule has 1 aromatic carbocycles. The third-order valence-corrected chi connectivity index (χ3v) is 4.62. The Bertz CT molecular complexity index is 666. The van der Waals surface area contributed by atoms with E-state index in [9.17, 15) is 4.39 Å². The third-order valence-electron chi connectivity index (χ3n) is 4.62. The normalized spacial score (nSPS) is 16.3. The number of hydrogen-bond donors (Lipinski definition) is 1. The van der Waals surface area contributed by atoms with Crippen LogP contribution in [-0.2, 0) is 0 Å². The van der Waals surface area contributed by atoms with Gasteiger partial charge in [0.15, 0.2) is 0 Å². The van der Waals surface area contributed by atoms with Gasteiger partial charge in [-0.15, -0.1) is 0 Å². The van der Waals surface area contributed by atoms with Crippen LogP contribution in [0.5, 0.6) is 0 Å². The maximum absolute atomic E-state index is 13.2. The Kier molecular flexibility index (Phi) is 5.41. The van der Waals surface area contributed by atoms with Gasteiger partial charge in [-0.05, 0) is 50.6 Å². The van der Waals surface area contributed by atoms with Gasteiger partial charge in [-0.25, -0.2) is 9.37 Å². The Morgan fingerprint density at radius 3 is 2.62 bits per heavy atom. The van der Waals surface area contributed by atoms with Crippen LogP contribution < -0.4 is 5.32 Å². The summed E-state index contributed by atoms with van der Waals surface area (Å²) in [6, 6.07) is 6.62. The van der Waals surface area contributed by atoms with Crippen molar-refractivity contribution in [1.82, 2.24) is 14.9 Å². The number of halogens is 1. The van der Waals surface area contributed by atoms with E-state index in [0.29, 0.717) is 0 Å². The van der Waals surface area contributed by atoms with E-state index in [1.807, 2.05) is 19.1 Å². The zero-order valence-corrected chi connectivity index (χ0v) is 14.4. The second-order valence-electron chi connectivity index (χ2n) is 6.49. The molecule has 4 nitrogen and oxygen atoms in total. The zero-order valence-electron chi connectivity index (χ0n) is 14.4. The molecule has 1 aromatic heterocycles. The molecule has 1 unspecified atom stereocenters. The molecule has 128 valence electrons. The number of nitrogens with zero attached hydrogens (tertiary/aromatic N) is 3. The van der Waals surface area contributed by atoms with Crippen LogP contribution in [0.2, 0.25) is 0 Å². The molecule has 0 amide bonds. The number of aromatic nitrogens is 2. The van der Waals surface area contributed by atoms with Gasteiger partial charge >= 0.3 is 0 Å². The van der Waals surface area contributed by atoms with Crippen molar-refractivity contribution in [3.8, 4) is 0 Å². The number of rotatable bonds is 6. The van der Waals surface area contributed by atoms with Crippen LogP contribution in [0.3, 0.4) is 0 Å². The van der Waals surface area contributed by atoms with Crippen molar-refractivity contribution in [2.75, 3.05) is 31.5 Å². The Labute approximate surface area is 143 Å². The van der Waals surface area contributed by atoms with Gasteiger partial charge < -0.3 is 10.2 Å². The average Bonchev–Trinajstić information content (AvgIpc) is 3.08. The summed E-state index contributed by atoms with van der Waals surface area (Å²) in [5.74, 6) is 0.684. The lowest BCUT2D eigenvalue weighted by atomic mass is 9.97. The Morgan fingerprint density at radius 1 is 1.21 bits per heavy atom. The zero-order chi connectivity index (χ0) is 16.9. The molecule has 1 N–H and O–H groups in total. The van der Waals surface area contributed by atoms with E-state index in [0.717, 1.165) is 35.9 Å². The van der Waals surface area contributed by atoms with Crippen LogP contribution in [0.4, 0.5) is 10.2 Å². The molecule has 0 saturated carbocycles. The van der Waals surface area contributed by atoms with Gasteiger partial charge in [-0.1, -0.05) is 19.1 Å². The lowest BCUT2D eigenvalue weighted by Crippen LogP contribution is -2.26. The van der Waals surface area contributed by atoms with Gasteiger partial charge in [-0.3, -0.25) is 4.98 Å². The first-order valence-electron chi connectivity index (χ1n) is 8.68. The number of aryl methyl sites for hydroxylation is 1. The molecule has 3 rings (SSSR count). The molecule has 1 saturated heterocycles. The van der Waals surface area contributed by atoms with Gasteiger partial charge in [-0.2, -0.15) is 0 Å². The minimum absolute atomic E-state index is 0.0630. The SMILES string of the molecule is Cc1cnc(C(C)c2ccc(F)cc2)c(NCCN2CCCC2)n1. The Morgan fingerprint density at radius 2 is 1.92 bits per heavy atom. The van der Waals surface area contributed by atoms with Crippen LogP contribution in [0.25, 0.3) is 0 Å². The minimum atomic E-state index is -0.218. The minimum Gasteiger partial charge on any atom is -0.367 e. The molecule has 1 fully saturated rings. The van der Waals surface area contributed by atoms with E-state index in [1.165, 1.54) is 38.1 Å².